The molecule has 0 bridgehead atoms. The molecule has 0 aromatic heterocycles. The third-order valence-corrected chi connectivity index (χ3v) is 3.23. The number of nitrogens with two attached hydrogens (primary N) is 1. The van der Waals surface area contributed by atoms with Gasteiger partial charge < -0.3 is 15.8 Å². The molecule has 0 aliphatic heterocycles. The molecule has 1 amide bonds. The van der Waals surface area contributed by atoms with Crippen molar-refractivity contribution in [2.45, 2.75) is 6.54 Å². The van der Waals surface area contributed by atoms with Gasteiger partial charge in [-0.2, -0.15) is 0 Å². The van der Waals surface area contributed by atoms with E-state index in [1.807, 2.05) is 0 Å². The minimum absolute atomic E-state index is 0.0126. The van der Waals surface area contributed by atoms with Crippen molar-refractivity contribution in [2.75, 3.05) is 12.8 Å². The van der Waals surface area contributed by atoms with E-state index in [9.17, 15) is 9.18 Å². The normalized spacial score (nSPS) is 10.2. The summed E-state index contributed by atoms with van der Waals surface area (Å²) in [6.45, 7) is 0.205. The van der Waals surface area contributed by atoms with E-state index in [4.69, 9.17) is 22.1 Å². The summed E-state index contributed by atoms with van der Waals surface area (Å²) in [5.74, 6) is -0.476. The van der Waals surface area contributed by atoms with Gasteiger partial charge in [0, 0.05) is 12.2 Å². The smallest absolute Gasteiger partial charge is 0.257 e. The lowest BCUT2D eigenvalue weighted by Gasteiger charge is -2.11. The number of ether oxygens (including phenoxy) is 1. The van der Waals surface area contributed by atoms with E-state index in [1.165, 1.54) is 19.2 Å². The van der Waals surface area contributed by atoms with Crippen LogP contribution in [0.4, 0.5) is 10.1 Å². The van der Waals surface area contributed by atoms with Crippen LogP contribution in [0.15, 0.2) is 36.4 Å². The van der Waals surface area contributed by atoms with Gasteiger partial charge in [-0.05, 0) is 29.8 Å². The van der Waals surface area contributed by atoms with Crippen LogP contribution in [0.5, 0.6) is 5.75 Å². The number of rotatable bonds is 4. The standard InChI is InChI=1S/C15H14ClFN2O2/c1-21-13-4-2-3-12(18)14(13)15(20)19-8-9-5-6-11(17)10(16)7-9/h2-7H,8,18H2,1H3,(H,19,20). The van der Waals surface area contributed by atoms with Gasteiger partial charge in [0.1, 0.15) is 17.1 Å². The van der Waals surface area contributed by atoms with Gasteiger partial charge >= 0.3 is 0 Å². The van der Waals surface area contributed by atoms with Crippen molar-refractivity contribution >= 4 is 23.2 Å². The predicted octanol–water partition coefficient (Wildman–Crippen LogP) is 3.00. The van der Waals surface area contributed by atoms with Gasteiger partial charge in [-0.1, -0.05) is 23.7 Å². The van der Waals surface area contributed by atoms with Gasteiger partial charge in [0.2, 0.25) is 0 Å². The highest BCUT2D eigenvalue weighted by atomic mass is 35.5. The molecule has 2 rings (SSSR count). The molecule has 6 heteroatoms. The van der Waals surface area contributed by atoms with Crippen LogP contribution in [0, 0.1) is 5.82 Å². The minimum Gasteiger partial charge on any atom is -0.496 e. The zero-order valence-electron chi connectivity index (χ0n) is 11.3. The summed E-state index contributed by atoms with van der Waals surface area (Å²) in [5.41, 5.74) is 7.08. The Morgan fingerprint density at radius 1 is 1.38 bits per heavy atom. The Labute approximate surface area is 126 Å². The third-order valence-electron chi connectivity index (χ3n) is 2.94. The van der Waals surface area contributed by atoms with E-state index >= 15 is 0 Å². The maximum atomic E-state index is 13.1. The van der Waals surface area contributed by atoms with Gasteiger partial charge in [0.25, 0.3) is 5.91 Å². The fraction of sp³-hybridized carbons (Fsp3) is 0.133. The van der Waals surface area contributed by atoms with Crippen LogP contribution in [0.3, 0.4) is 0 Å². The van der Waals surface area contributed by atoms with Crippen molar-refractivity contribution in [3.8, 4) is 5.75 Å². The Morgan fingerprint density at radius 2 is 2.14 bits per heavy atom. The van der Waals surface area contributed by atoms with E-state index in [0.717, 1.165) is 0 Å². The number of amides is 1. The van der Waals surface area contributed by atoms with Crippen LogP contribution in [0.2, 0.25) is 5.02 Å². The molecule has 0 fully saturated rings. The summed E-state index contributed by atoms with van der Waals surface area (Å²) in [7, 11) is 1.46. The molecule has 4 nitrogen and oxygen atoms in total. The van der Waals surface area contributed by atoms with E-state index in [0.29, 0.717) is 17.0 Å². The number of carbonyl (C=O) groups excluding carboxylic acids is 1. The molecule has 0 spiro atoms. The number of hydrogen-bond donors (Lipinski definition) is 2. The van der Waals surface area contributed by atoms with Crippen molar-refractivity contribution in [1.82, 2.24) is 5.32 Å². The minimum atomic E-state index is -0.499. The molecule has 0 saturated carbocycles. The lowest BCUT2D eigenvalue weighted by molar-refractivity contribution is 0.0949. The second kappa shape index (κ2) is 6.45. The maximum absolute atomic E-state index is 13.1. The Kier molecular flexibility index (Phi) is 4.65. The van der Waals surface area contributed by atoms with Gasteiger partial charge in [-0.25, -0.2) is 4.39 Å². The van der Waals surface area contributed by atoms with Crippen molar-refractivity contribution in [2.24, 2.45) is 0 Å². The summed E-state index contributed by atoms with van der Waals surface area (Å²) >= 11 is 5.69. The molecule has 3 N–H and O–H groups in total. The van der Waals surface area contributed by atoms with E-state index in [2.05, 4.69) is 5.32 Å². The fourth-order valence-electron chi connectivity index (χ4n) is 1.88. The van der Waals surface area contributed by atoms with Crippen molar-refractivity contribution < 1.29 is 13.9 Å². The molecule has 0 aliphatic carbocycles. The molecular formula is C15H14ClFN2O2. The number of carbonyl (C=O) groups is 1. The highest BCUT2D eigenvalue weighted by molar-refractivity contribution is 6.30. The molecule has 110 valence electrons. The maximum Gasteiger partial charge on any atom is 0.257 e. The van der Waals surface area contributed by atoms with Gasteiger partial charge in [-0.3, -0.25) is 4.79 Å². The van der Waals surface area contributed by atoms with Crippen LogP contribution in [-0.2, 0) is 6.54 Å². The molecule has 0 heterocycles. The molecule has 2 aromatic rings. The summed E-state index contributed by atoms with van der Waals surface area (Å²) < 4.78 is 18.2. The highest BCUT2D eigenvalue weighted by Crippen LogP contribution is 2.24. The zero-order valence-corrected chi connectivity index (χ0v) is 12.1. The summed E-state index contributed by atoms with van der Waals surface area (Å²) in [6.07, 6.45) is 0. The topological polar surface area (TPSA) is 64.3 Å². The quantitative estimate of drug-likeness (QED) is 0.853. The molecule has 0 radical (unpaired) electrons. The Balaban J connectivity index is 2.13. The van der Waals surface area contributed by atoms with Crippen LogP contribution in [-0.4, -0.2) is 13.0 Å². The SMILES string of the molecule is COc1cccc(N)c1C(=O)NCc1ccc(F)c(Cl)c1. The Morgan fingerprint density at radius 3 is 2.81 bits per heavy atom. The highest BCUT2D eigenvalue weighted by Gasteiger charge is 2.15. The van der Waals surface area contributed by atoms with Gasteiger partial charge in [-0.15, -0.1) is 0 Å². The second-order valence-corrected chi connectivity index (χ2v) is 4.76. The second-order valence-electron chi connectivity index (χ2n) is 4.36. The largest absolute Gasteiger partial charge is 0.496 e. The first kappa shape index (κ1) is 15.1. The first-order valence-electron chi connectivity index (χ1n) is 6.17. The number of nitrogen functional groups attached to an aromatic ring is 1. The van der Waals surface area contributed by atoms with E-state index < -0.39 is 5.82 Å². The van der Waals surface area contributed by atoms with Crippen molar-refractivity contribution in [1.29, 1.82) is 0 Å². The Hall–Kier alpha value is -2.27. The average Bonchev–Trinajstić information content (AvgIpc) is 2.47. The van der Waals surface area contributed by atoms with Crippen LogP contribution >= 0.6 is 11.6 Å². The first-order valence-corrected chi connectivity index (χ1v) is 6.55. The Bertz CT molecular complexity index is 677. The average molecular weight is 309 g/mol. The van der Waals surface area contributed by atoms with Gasteiger partial charge in [0.15, 0.2) is 0 Å². The number of nitrogens with one attached hydrogen (secondary N) is 1. The van der Waals surface area contributed by atoms with Gasteiger partial charge in [0.05, 0.1) is 12.1 Å². The number of hydrogen-bond acceptors (Lipinski definition) is 3. The number of anilines is 1. The lowest BCUT2D eigenvalue weighted by atomic mass is 10.1. The van der Waals surface area contributed by atoms with Crippen molar-refractivity contribution in [3.63, 3.8) is 0 Å². The monoisotopic (exact) mass is 308 g/mol. The molecule has 21 heavy (non-hydrogen) atoms. The molecule has 2 aromatic carbocycles. The summed E-state index contributed by atoms with van der Waals surface area (Å²) in [6, 6.07) is 9.23. The van der Waals surface area contributed by atoms with Crippen LogP contribution in [0.1, 0.15) is 15.9 Å². The van der Waals surface area contributed by atoms with Crippen LogP contribution < -0.4 is 15.8 Å². The fourth-order valence-corrected chi connectivity index (χ4v) is 2.08. The third kappa shape index (κ3) is 3.44. The summed E-state index contributed by atoms with van der Waals surface area (Å²) in [5, 5.41) is 2.71. The van der Waals surface area contributed by atoms with E-state index in [1.54, 1.807) is 24.3 Å². The molecule has 0 aliphatic rings. The molecule has 0 atom stereocenters. The van der Waals surface area contributed by atoms with E-state index in [-0.39, 0.29) is 23.0 Å². The lowest BCUT2D eigenvalue weighted by Crippen LogP contribution is -2.24. The summed E-state index contributed by atoms with van der Waals surface area (Å²) in [4.78, 5) is 12.2. The molecular weight excluding hydrogens is 295 g/mol. The number of halogens is 2. The number of benzene rings is 2. The predicted molar refractivity (Wildman–Crippen MR) is 80.0 cm³/mol. The first-order chi connectivity index (χ1) is 10.0. The molecule has 0 saturated heterocycles. The number of methoxy groups -OCH3 is 1. The van der Waals surface area contributed by atoms with Crippen LogP contribution in [0.25, 0.3) is 0 Å². The van der Waals surface area contributed by atoms with Crippen molar-refractivity contribution in [3.05, 3.63) is 58.4 Å². The zero-order chi connectivity index (χ0) is 15.4. The molecule has 0 unspecified atom stereocenters.